The number of esters is 4. The van der Waals surface area contributed by atoms with Gasteiger partial charge < -0.3 is 33.8 Å². The minimum absolute atomic E-state index is 0.104. The fourth-order valence-electron chi connectivity index (χ4n) is 10.3. The van der Waals surface area contributed by atoms with Gasteiger partial charge in [0.2, 0.25) is 0 Å². The molecule has 0 heterocycles. The van der Waals surface area contributed by atoms with Crippen LogP contribution < -0.4 is 0 Å². The number of phosphoric acid groups is 2. The van der Waals surface area contributed by atoms with E-state index in [1.165, 1.54) is 135 Å². The molecule has 0 bridgehead atoms. The van der Waals surface area contributed by atoms with Gasteiger partial charge in [-0.05, 0) is 49.4 Å². The molecule has 0 rings (SSSR count). The van der Waals surface area contributed by atoms with Gasteiger partial charge in [0.15, 0.2) is 12.2 Å². The number of carbonyl (C=O) groups is 4. The van der Waals surface area contributed by atoms with Crippen LogP contribution in [0.15, 0.2) is 0 Å². The van der Waals surface area contributed by atoms with Crippen molar-refractivity contribution < 1.29 is 80.2 Å². The third kappa shape index (κ3) is 61.6. The van der Waals surface area contributed by atoms with Crippen molar-refractivity contribution in [2.24, 2.45) is 23.7 Å². The molecule has 88 heavy (non-hydrogen) atoms. The van der Waals surface area contributed by atoms with E-state index in [1.54, 1.807) is 0 Å². The van der Waals surface area contributed by atoms with E-state index in [0.29, 0.717) is 25.7 Å². The second-order valence-corrected chi connectivity index (χ2v) is 29.5. The molecule has 0 saturated carbocycles. The zero-order chi connectivity index (χ0) is 65.4. The van der Waals surface area contributed by atoms with E-state index in [1.807, 2.05) is 0 Å². The van der Waals surface area contributed by atoms with E-state index in [0.717, 1.165) is 120 Å². The quantitative estimate of drug-likeness (QED) is 0.0222. The second kappa shape index (κ2) is 58.8. The number of carbonyl (C=O) groups excluding carboxylic acids is 4. The first-order valence-corrected chi connectivity index (χ1v) is 38.7. The fourth-order valence-corrected chi connectivity index (χ4v) is 11.9. The zero-order valence-corrected chi connectivity index (χ0v) is 59.1. The van der Waals surface area contributed by atoms with Crippen LogP contribution in [0.25, 0.3) is 0 Å². The predicted octanol–water partition coefficient (Wildman–Crippen LogP) is 19.3. The van der Waals surface area contributed by atoms with Gasteiger partial charge in [0, 0.05) is 25.7 Å². The summed E-state index contributed by atoms with van der Waals surface area (Å²) in [7, 11) is -9.90. The van der Waals surface area contributed by atoms with Crippen LogP contribution in [-0.2, 0) is 65.4 Å². The predicted molar refractivity (Wildman–Crippen MR) is 354 cm³/mol. The van der Waals surface area contributed by atoms with E-state index < -0.39 is 97.5 Å². The van der Waals surface area contributed by atoms with Crippen molar-refractivity contribution in [2.45, 2.75) is 356 Å². The summed E-state index contributed by atoms with van der Waals surface area (Å²) in [5.74, 6) is 0.840. The lowest BCUT2D eigenvalue weighted by molar-refractivity contribution is -0.161. The molecule has 19 heteroatoms. The minimum atomic E-state index is -4.95. The Morgan fingerprint density at radius 2 is 0.545 bits per heavy atom. The Kier molecular flexibility index (Phi) is 57.6. The van der Waals surface area contributed by atoms with Gasteiger partial charge in [0.05, 0.1) is 26.4 Å². The first-order chi connectivity index (χ1) is 42.1. The standard InChI is InChI=1S/C69H134O17P2/c1-9-62(8)48-40-32-27-28-34-42-50-67(72)80-56-65(85-68(73)51-43-35-25-18-12-10-11-15-21-29-37-45-59(2)3)58-84-88(77,78)82-54-63(70)53-81-87(75,76)83-57-64(86-69(74)52-44-36-26-20-19-23-31-39-47-61(6)7)55-79-66(71)49-41-33-24-17-14-13-16-22-30-38-46-60(4)5/h59-65,70H,9-58H2,1-8H3,(H,75,76)(H,77,78)/t62?,63-,64-,65-/m1/s1. The summed E-state index contributed by atoms with van der Waals surface area (Å²) in [5.41, 5.74) is 0. The van der Waals surface area contributed by atoms with Gasteiger partial charge >= 0.3 is 39.5 Å². The topological polar surface area (TPSA) is 237 Å². The van der Waals surface area contributed by atoms with E-state index >= 15 is 0 Å². The van der Waals surface area contributed by atoms with Crippen LogP contribution in [-0.4, -0.2) is 96.7 Å². The van der Waals surface area contributed by atoms with Crippen LogP contribution >= 0.6 is 15.6 Å². The molecule has 3 unspecified atom stereocenters. The van der Waals surface area contributed by atoms with Gasteiger partial charge in [0.1, 0.15) is 19.3 Å². The zero-order valence-electron chi connectivity index (χ0n) is 57.3. The fraction of sp³-hybridized carbons (Fsp3) is 0.942. The number of phosphoric ester groups is 2. The maximum atomic E-state index is 13.0. The summed E-state index contributed by atoms with van der Waals surface area (Å²) in [6.45, 7) is 14.1. The van der Waals surface area contributed by atoms with Crippen LogP contribution in [0.1, 0.15) is 338 Å². The number of hydrogen-bond donors (Lipinski definition) is 3. The third-order valence-electron chi connectivity index (χ3n) is 16.2. The van der Waals surface area contributed by atoms with Gasteiger partial charge in [-0.25, -0.2) is 9.13 Å². The molecular weight excluding hydrogens is 1160 g/mol. The smallest absolute Gasteiger partial charge is 0.462 e. The maximum Gasteiger partial charge on any atom is 0.472 e. The van der Waals surface area contributed by atoms with Gasteiger partial charge in [-0.1, -0.05) is 287 Å². The van der Waals surface area contributed by atoms with Crippen LogP contribution in [0.2, 0.25) is 0 Å². The molecule has 17 nitrogen and oxygen atoms in total. The third-order valence-corrected chi connectivity index (χ3v) is 18.1. The highest BCUT2D eigenvalue weighted by Crippen LogP contribution is 2.45. The lowest BCUT2D eigenvalue weighted by atomic mass is 10.00. The summed E-state index contributed by atoms with van der Waals surface area (Å²) in [6, 6.07) is 0. The van der Waals surface area contributed by atoms with Gasteiger partial charge in [0.25, 0.3) is 0 Å². The first-order valence-electron chi connectivity index (χ1n) is 35.7. The molecule has 3 N–H and O–H groups in total. The van der Waals surface area contributed by atoms with Crippen molar-refractivity contribution in [3.63, 3.8) is 0 Å². The Labute approximate surface area is 537 Å². The Morgan fingerprint density at radius 3 is 0.807 bits per heavy atom. The monoisotopic (exact) mass is 1300 g/mol. The highest BCUT2D eigenvalue weighted by atomic mass is 31.2. The molecule has 0 aromatic carbocycles. The van der Waals surface area contributed by atoms with E-state index in [-0.39, 0.29) is 25.7 Å². The number of rotatable bonds is 66. The number of ether oxygens (including phenoxy) is 4. The summed E-state index contributed by atoms with van der Waals surface area (Å²) < 4.78 is 68.2. The van der Waals surface area contributed by atoms with E-state index in [9.17, 15) is 43.2 Å². The van der Waals surface area contributed by atoms with Gasteiger partial charge in [-0.15, -0.1) is 0 Å². The maximum absolute atomic E-state index is 13.0. The number of hydrogen-bond acceptors (Lipinski definition) is 15. The number of aliphatic hydroxyl groups is 1. The SMILES string of the molecule is CCC(C)CCCCCCCCC(=O)OC[C@H](COP(=O)(O)OC[C@H](O)COP(=O)(O)OC[C@@H](COC(=O)CCCCCCCCCCCCC(C)C)OC(=O)CCCCCCCCCCC(C)C)OC(=O)CCCCCCCCCCCCCC(C)C. The van der Waals surface area contributed by atoms with Crippen molar-refractivity contribution >= 4 is 39.5 Å². The summed E-state index contributed by atoms with van der Waals surface area (Å²) in [4.78, 5) is 72.5. The number of aliphatic hydroxyl groups excluding tert-OH is 1. The Morgan fingerprint density at radius 1 is 0.318 bits per heavy atom. The summed E-state index contributed by atoms with van der Waals surface area (Å²) in [6.07, 6.45) is 40.3. The molecule has 0 aromatic rings. The Hall–Kier alpha value is -1.94. The molecule has 0 saturated heterocycles. The van der Waals surface area contributed by atoms with Crippen molar-refractivity contribution in [2.75, 3.05) is 39.6 Å². The summed E-state index contributed by atoms with van der Waals surface area (Å²) in [5, 5.41) is 10.6. The molecular formula is C69H134O17P2. The minimum Gasteiger partial charge on any atom is -0.462 e. The van der Waals surface area contributed by atoms with Crippen LogP contribution in [0, 0.1) is 23.7 Å². The molecule has 0 aliphatic heterocycles. The van der Waals surface area contributed by atoms with Gasteiger partial charge in [-0.3, -0.25) is 37.3 Å². The molecule has 6 atom stereocenters. The van der Waals surface area contributed by atoms with Crippen LogP contribution in [0.4, 0.5) is 0 Å². The van der Waals surface area contributed by atoms with Crippen LogP contribution in [0.5, 0.6) is 0 Å². The van der Waals surface area contributed by atoms with Crippen molar-refractivity contribution in [3.8, 4) is 0 Å². The Bertz CT molecular complexity index is 1750. The van der Waals surface area contributed by atoms with Crippen molar-refractivity contribution in [1.82, 2.24) is 0 Å². The van der Waals surface area contributed by atoms with Crippen molar-refractivity contribution in [1.29, 1.82) is 0 Å². The molecule has 0 amide bonds. The Balaban J connectivity index is 5.26. The van der Waals surface area contributed by atoms with E-state index in [4.69, 9.17) is 37.0 Å². The average molecular weight is 1300 g/mol. The molecule has 0 aromatic heterocycles. The molecule has 0 spiro atoms. The first kappa shape index (κ1) is 86.1. The van der Waals surface area contributed by atoms with Gasteiger partial charge in [-0.2, -0.15) is 0 Å². The summed E-state index contributed by atoms with van der Waals surface area (Å²) >= 11 is 0. The molecule has 0 aliphatic rings. The lowest BCUT2D eigenvalue weighted by Gasteiger charge is -2.21. The van der Waals surface area contributed by atoms with Crippen molar-refractivity contribution in [3.05, 3.63) is 0 Å². The largest absolute Gasteiger partial charge is 0.472 e. The highest BCUT2D eigenvalue weighted by molar-refractivity contribution is 7.47. The normalized spacial score (nSPS) is 14.6. The second-order valence-electron chi connectivity index (χ2n) is 26.6. The molecule has 0 radical (unpaired) electrons. The van der Waals surface area contributed by atoms with Crippen LogP contribution in [0.3, 0.4) is 0 Å². The lowest BCUT2D eigenvalue weighted by Crippen LogP contribution is -2.30. The molecule has 0 aliphatic carbocycles. The molecule has 522 valence electrons. The highest BCUT2D eigenvalue weighted by Gasteiger charge is 2.30. The number of unbranched alkanes of at least 4 members (excludes halogenated alkanes) is 31. The molecule has 0 fully saturated rings. The van der Waals surface area contributed by atoms with E-state index in [2.05, 4.69) is 55.4 Å². The average Bonchev–Trinajstić information content (AvgIpc) is 3.58.